The Balaban J connectivity index is -0.0000000303. The van der Waals surface area contributed by atoms with Crippen molar-refractivity contribution in [1.82, 2.24) is 0 Å². The van der Waals surface area contributed by atoms with Crippen molar-refractivity contribution in [3.63, 3.8) is 0 Å². The number of carboxylic acid groups (broad SMARTS) is 8. The van der Waals surface area contributed by atoms with Crippen molar-refractivity contribution in [2.45, 2.75) is 104 Å². The van der Waals surface area contributed by atoms with Gasteiger partial charge in [0, 0.05) is 45.1 Å². The Morgan fingerprint density at radius 2 is 0.541 bits per heavy atom. The van der Waals surface area contributed by atoms with Gasteiger partial charge in [-0.2, -0.15) is 0 Å². The van der Waals surface area contributed by atoms with Crippen LogP contribution in [-0.4, -0.2) is 107 Å². The zero-order valence-electron chi connectivity index (χ0n) is 32.8. The maximum atomic E-state index is 10.2. The number of nitrogens with two attached hydrogens (primary N) is 7. The third kappa shape index (κ3) is 265. The molecule has 0 unspecified atom stereocenters. The molecule has 0 radical (unpaired) electrons. The van der Waals surface area contributed by atoms with E-state index in [4.69, 9.17) is 103 Å². The van der Waals surface area contributed by atoms with E-state index >= 15 is 0 Å². The molecule has 0 saturated heterocycles. The first kappa shape index (κ1) is 103. The van der Waals surface area contributed by atoms with E-state index in [-0.39, 0.29) is 113 Å². The molecule has 61 heavy (non-hydrogen) atoms. The van der Waals surface area contributed by atoms with Gasteiger partial charge in [0.25, 0.3) is 0 Å². The van der Waals surface area contributed by atoms with Gasteiger partial charge in [-0.25, -0.2) is 0 Å². The molecule has 0 aliphatic rings. The number of carbonyl (C=O) groups excluding carboxylic acids is 2. The Morgan fingerprint density at radius 1 is 0.361 bits per heavy atom. The molecule has 34 heteroatoms. The van der Waals surface area contributed by atoms with Crippen molar-refractivity contribution in [2.75, 3.05) is 6.54 Å². The first-order valence-corrected chi connectivity index (χ1v) is 31.1. The van der Waals surface area contributed by atoms with Crippen LogP contribution in [0, 0.1) is 0 Å². The van der Waals surface area contributed by atoms with E-state index < -0.39 is 97.2 Å². The Kier molecular flexibility index (Phi) is 158. The summed E-state index contributed by atoms with van der Waals surface area (Å²) in [6.45, 7) is 4.91. The van der Waals surface area contributed by atoms with Gasteiger partial charge in [-0.1, -0.05) is 6.92 Å². The molecule has 0 amide bonds. The van der Waals surface area contributed by atoms with Crippen LogP contribution >= 0.6 is 56.5 Å². The van der Waals surface area contributed by atoms with Gasteiger partial charge in [-0.05, 0) is 33.1 Å². The molecule has 0 aliphatic heterocycles. The van der Waals surface area contributed by atoms with Gasteiger partial charge < -0.3 is 93.1 Å². The number of aliphatic carboxylic acids is 8. The minimum Gasteiger partial charge on any atom is -0.693 e. The molecule has 0 fully saturated rings. The summed E-state index contributed by atoms with van der Waals surface area (Å²) in [4.78, 5) is 97.9. The molecule has 0 aromatic rings. The van der Waals surface area contributed by atoms with E-state index in [2.05, 4.69) is 0 Å². The van der Waals surface area contributed by atoms with Crippen molar-refractivity contribution in [1.29, 1.82) is 0 Å². The van der Waals surface area contributed by atoms with Gasteiger partial charge >= 0.3 is 154 Å². The van der Waals surface area contributed by atoms with Crippen LogP contribution in [0.2, 0.25) is 0 Å². The zero-order chi connectivity index (χ0) is 45.8. The van der Waals surface area contributed by atoms with Crippen molar-refractivity contribution < 1.29 is 138 Å². The molecule has 0 bridgehead atoms. The second-order valence-electron chi connectivity index (χ2n) is 8.69. The largest absolute Gasteiger partial charge is 0.693 e. The third-order valence-electron chi connectivity index (χ3n) is 3.77. The molecule has 0 atom stereocenters. The molecule has 0 spiro atoms. The van der Waals surface area contributed by atoms with Crippen molar-refractivity contribution in [2.24, 2.45) is 5.73 Å². The van der Waals surface area contributed by atoms with E-state index in [1.165, 1.54) is 13.8 Å². The van der Waals surface area contributed by atoms with Gasteiger partial charge in [0.2, 0.25) is 0 Å². The van der Waals surface area contributed by atoms with Gasteiger partial charge in [-0.3, -0.25) is 38.4 Å². The molecule has 22 N–H and O–H groups in total. The fourth-order valence-electron chi connectivity index (χ4n) is 1.71. The zero-order valence-corrected chi connectivity index (χ0v) is 44.2. The SMILES string of the molecule is CC(=O)CCC(=O)O.CC(=O)CCCC(=O)O.CCCC(=O)O.NCCC(=O)O.O=C(O)CCC(=O)O.O=C(O)CCCC(=O)O.[Cl][Pt+2][Cl].[Cl][Pt+2][Cl].[Cl][Pt+2][Cl].[NH2-].[NH2-].[NH2-].[NH2-].[NH2-].[NH2-]. The van der Waals surface area contributed by atoms with Crippen LogP contribution in [0.5, 0.6) is 0 Å². The predicted molar refractivity (Wildman–Crippen MR) is 224 cm³/mol. The van der Waals surface area contributed by atoms with E-state index in [9.17, 15) is 47.9 Å². The standard InChI is InChI=1S/C6H10O3.C5H8O4.C5H8O3.C4H6O4.C4H8O2.C3H7NO2.6ClH.6H2N.3Pt/c1-5(7)3-2-4-6(8)9;6-4(7)2-1-3-5(8)9;1-4(6)2-3-5(7)8;5-3(6)1-2-4(7)8;1-2-3-4(5)6;4-2-1-3(5)6;;;;;;;;;;;;;;;/h2-4H2,1H3,(H,8,9);1-3H2,(H,6,7)(H,8,9);2-3H2,1H3,(H,7,8);1-2H2,(H,5,6)(H,7,8);2-3H2,1H3,(H,5,6);1-2,4H2,(H,5,6);6*1H;6*1H2;;;/q;;;;;;;;;;;;6*-1;3*+4/p-6. The summed E-state index contributed by atoms with van der Waals surface area (Å²) in [6, 6.07) is 0. The summed E-state index contributed by atoms with van der Waals surface area (Å²) >= 11 is -1.42. The average molecular weight is 1570 g/mol. The van der Waals surface area contributed by atoms with Crippen LogP contribution in [0.3, 0.4) is 0 Å². The van der Waals surface area contributed by atoms with Crippen LogP contribution in [-0.2, 0) is 97.4 Å². The van der Waals surface area contributed by atoms with Gasteiger partial charge in [0.15, 0.2) is 0 Å². The fourth-order valence-corrected chi connectivity index (χ4v) is 1.71. The number of hydrogen-bond acceptors (Lipinski definition) is 11. The normalized spacial score (nSPS) is 7.57. The first-order valence-electron chi connectivity index (χ1n) is 14.2. The van der Waals surface area contributed by atoms with E-state index in [0.29, 0.717) is 19.3 Å². The van der Waals surface area contributed by atoms with Gasteiger partial charge in [0.1, 0.15) is 11.6 Å². The predicted octanol–water partition coefficient (Wildman–Crippen LogP) is 10.3. The number of rotatable bonds is 18. The Hall–Kier alpha value is -1.38. The molecule has 0 saturated carbocycles. The molecule has 0 rings (SSSR count). The van der Waals surface area contributed by atoms with Crippen molar-refractivity contribution >= 4 is 116 Å². The summed E-state index contributed by atoms with van der Waals surface area (Å²) in [5.74, 6) is -7.37. The quantitative estimate of drug-likeness (QED) is 0.0615. The summed E-state index contributed by atoms with van der Waals surface area (Å²) < 4.78 is 0. The molecular formula is C27H59Cl6N7O18Pt3. The summed E-state index contributed by atoms with van der Waals surface area (Å²) in [5.41, 5.74) is 4.85. The Morgan fingerprint density at radius 3 is 0.639 bits per heavy atom. The van der Waals surface area contributed by atoms with Crippen LogP contribution in [0.15, 0.2) is 0 Å². The number of hydrogen-bond donors (Lipinski definition) is 9. The molecule has 0 heterocycles. The van der Waals surface area contributed by atoms with Crippen LogP contribution in [0.25, 0.3) is 36.9 Å². The molecule has 382 valence electrons. The van der Waals surface area contributed by atoms with E-state index in [1.807, 2.05) is 6.92 Å². The minimum atomic E-state index is -1.08. The summed E-state index contributed by atoms with van der Waals surface area (Å²) in [6.07, 6.45) is 1.63. The molecule has 25 nitrogen and oxygen atoms in total. The van der Waals surface area contributed by atoms with Crippen molar-refractivity contribution in [3.8, 4) is 0 Å². The number of halogens is 6. The number of carboxylic acids is 8. The maximum Gasteiger partial charge on any atom is -0.693 e. The summed E-state index contributed by atoms with van der Waals surface area (Å²) in [5, 5.41) is 63.7. The number of carbonyl (C=O) groups is 10. The van der Waals surface area contributed by atoms with Gasteiger partial charge in [-0.15, -0.1) is 0 Å². The van der Waals surface area contributed by atoms with Gasteiger partial charge in [0.05, 0.1) is 25.7 Å². The van der Waals surface area contributed by atoms with Crippen LogP contribution in [0.4, 0.5) is 0 Å². The first-order chi connectivity index (χ1) is 25.3. The third-order valence-corrected chi connectivity index (χ3v) is 3.77. The van der Waals surface area contributed by atoms with E-state index in [0.717, 1.165) is 6.42 Å². The number of ketones is 2. The monoisotopic (exact) mass is 1560 g/mol. The van der Waals surface area contributed by atoms with Crippen LogP contribution < -0.4 is 5.73 Å². The number of Topliss-reactive ketones (excluding diaryl/α,β-unsaturated/α-hetero) is 2. The fraction of sp³-hybridized carbons (Fsp3) is 0.630. The molecule has 0 aliphatic carbocycles. The smallest absolute Gasteiger partial charge is 0.693 e. The van der Waals surface area contributed by atoms with Crippen LogP contribution in [0.1, 0.15) is 104 Å². The molecule has 0 aromatic carbocycles. The average Bonchev–Trinajstić information content (AvgIpc) is 3.01. The van der Waals surface area contributed by atoms with Crippen molar-refractivity contribution in [3.05, 3.63) is 36.9 Å². The second-order valence-corrected chi connectivity index (χ2v) is 18.5. The molecule has 0 aromatic heterocycles. The molecular weight excluding hydrogens is 1510 g/mol. The topological polar surface area (TPSA) is 560 Å². The second kappa shape index (κ2) is 93.5. The minimum absolute atomic E-state index is 0. The maximum absolute atomic E-state index is 10.2. The van der Waals surface area contributed by atoms with E-state index in [1.54, 1.807) is 0 Å². The Bertz CT molecular complexity index is 909. The summed E-state index contributed by atoms with van der Waals surface area (Å²) in [7, 11) is 29.2. The Labute approximate surface area is 404 Å².